The van der Waals surface area contributed by atoms with Crippen LogP contribution in [-0.2, 0) is 6.42 Å². The first-order valence-electron chi connectivity index (χ1n) is 5.59. The maximum atomic E-state index is 6.20. The number of benzene rings is 1. The van der Waals surface area contributed by atoms with E-state index in [1.807, 2.05) is 6.07 Å². The van der Waals surface area contributed by atoms with Crippen molar-refractivity contribution in [2.75, 3.05) is 7.11 Å². The van der Waals surface area contributed by atoms with Crippen molar-refractivity contribution in [3.8, 4) is 5.75 Å². The van der Waals surface area contributed by atoms with Gasteiger partial charge in [0.2, 0.25) is 0 Å². The highest BCUT2D eigenvalue weighted by molar-refractivity contribution is 9.11. The summed E-state index contributed by atoms with van der Waals surface area (Å²) < 4.78 is 7.23. The summed E-state index contributed by atoms with van der Waals surface area (Å²) in [6.45, 7) is 2.12. The van der Waals surface area contributed by atoms with Gasteiger partial charge in [-0.15, -0.1) is 0 Å². The largest absolute Gasteiger partial charge is 0.495 e. The van der Waals surface area contributed by atoms with Gasteiger partial charge in [-0.25, -0.2) is 4.98 Å². The maximum absolute atomic E-state index is 6.20. The summed E-state index contributed by atoms with van der Waals surface area (Å²) in [4.78, 5) is 4.46. The quantitative estimate of drug-likeness (QED) is 0.654. The number of ether oxygens (including phenoxy) is 1. The Kier molecular flexibility index (Phi) is 4.51. The van der Waals surface area contributed by atoms with Gasteiger partial charge in [0.1, 0.15) is 10.9 Å². The SMILES string of the molecule is CCCc1cc2c(OC)c(Br)cc(Br)c2nc1Cl. The number of hydrogen-bond acceptors (Lipinski definition) is 2. The highest BCUT2D eigenvalue weighted by Gasteiger charge is 2.14. The van der Waals surface area contributed by atoms with Crippen LogP contribution in [0.1, 0.15) is 18.9 Å². The summed E-state index contributed by atoms with van der Waals surface area (Å²) in [5, 5.41) is 1.53. The van der Waals surface area contributed by atoms with Gasteiger partial charge in [0, 0.05) is 9.86 Å². The molecule has 0 aliphatic rings. The zero-order valence-electron chi connectivity index (χ0n) is 10.1. The van der Waals surface area contributed by atoms with Crippen molar-refractivity contribution in [1.82, 2.24) is 4.98 Å². The number of aryl methyl sites for hydroxylation is 1. The van der Waals surface area contributed by atoms with Crippen molar-refractivity contribution in [3.63, 3.8) is 0 Å². The third-order valence-corrected chi connectivity index (χ3v) is 4.23. The number of pyridine rings is 1. The molecule has 0 atom stereocenters. The fourth-order valence-electron chi connectivity index (χ4n) is 1.91. The summed E-state index contributed by atoms with van der Waals surface area (Å²) in [7, 11) is 1.65. The van der Waals surface area contributed by atoms with Gasteiger partial charge in [-0.3, -0.25) is 0 Å². The van der Waals surface area contributed by atoms with Crippen LogP contribution in [0.2, 0.25) is 5.15 Å². The Balaban J connectivity index is 2.80. The molecule has 5 heteroatoms. The van der Waals surface area contributed by atoms with Crippen LogP contribution in [0.5, 0.6) is 5.75 Å². The van der Waals surface area contributed by atoms with E-state index < -0.39 is 0 Å². The first-order valence-corrected chi connectivity index (χ1v) is 7.56. The van der Waals surface area contributed by atoms with E-state index >= 15 is 0 Å². The molecule has 96 valence electrons. The molecule has 0 fully saturated rings. The molecule has 0 N–H and O–H groups in total. The molecule has 18 heavy (non-hydrogen) atoms. The molecule has 1 heterocycles. The van der Waals surface area contributed by atoms with E-state index in [4.69, 9.17) is 16.3 Å². The first kappa shape index (κ1) is 14.1. The van der Waals surface area contributed by atoms with E-state index in [9.17, 15) is 0 Å². The second-order valence-corrected chi connectivity index (χ2v) is 6.02. The Bertz CT molecular complexity index is 601. The Morgan fingerprint density at radius 1 is 1.28 bits per heavy atom. The van der Waals surface area contributed by atoms with Gasteiger partial charge in [0.15, 0.2) is 0 Å². The number of halogens is 3. The van der Waals surface area contributed by atoms with Gasteiger partial charge in [-0.05, 0) is 56.0 Å². The third kappa shape index (κ3) is 2.51. The van der Waals surface area contributed by atoms with Crippen LogP contribution in [-0.4, -0.2) is 12.1 Å². The van der Waals surface area contributed by atoms with Crippen molar-refractivity contribution in [3.05, 3.63) is 31.8 Å². The molecular weight excluding hydrogens is 381 g/mol. The van der Waals surface area contributed by atoms with Crippen LogP contribution in [0.3, 0.4) is 0 Å². The van der Waals surface area contributed by atoms with Crippen LogP contribution < -0.4 is 4.74 Å². The second-order valence-electron chi connectivity index (χ2n) is 3.96. The predicted octanol–water partition coefficient (Wildman–Crippen LogP) is 5.37. The Hall–Kier alpha value is -0.320. The standard InChI is InChI=1S/C13H12Br2ClNO/c1-3-4-7-5-8-11(17-13(7)16)9(14)6-10(15)12(8)18-2/h5-6H,3-4H2,1-2H3. The van der Waals surface area contributed by atoms with Gasteiger partial charge < -0.3 is 4.74 Å². The molecule has 0 spiro atoms. The number of fused-ring (bicyclic) bond motifs is 1. The van der Waals surface area contributed by atoms with Crippen LogP contribution in [0.25, 0.3) is 10.9 Å². The lowest BCUT2D eigenvalue weighted by molar-refractivity contribution is 0.417. The number of nitrogens with zero attached hydrogens (tertiary/aromatic N) is 1. The summed E-state index contributed by atoms with van der Waals surface area (Å²) in [6, 6.07) is 3.98. The zero-order valence-corrected chi connectivity index (χ0v) is 14.0. The molecule has 0 saturated carbocycles. The molecule has 2 rings (SSSR count). The van der Waals surface area contributed by atoms with Crippen LogP contribution in [0.4, 0.5) is 0 Å². The van der Waals surface area contributed by atoms with Crippen molar-refractivity contribution >= 4 is 54.4 Å². The van der Waals surface area contributed by atoms with Crippen LogP contribution >= 0.6 is 43.5 Å². The average Bonchev–Trinajstić information content (AvgIpc) is 2.32. The minimum Gasteiger partial charge on any atom is -0.495 e. The lowest BCUT2D eigenvalue weighted by Crippen LogP contribution is -1.94. The molecule has 0 aliphatic carbocycles. The summed E-state index contributed by atoms with van der Waals surface area (Å²) in [6.07, 6.45) is 1.94. The molecule has 1 aromatic heterocycles. The monoisotopic (exact) mass is 391 g/mol. The molecule has 0 unspecified atom stereocenters. The van der Waals surface area contributed by atoms with Gasteiger partial charge in [0.05, 0.1) is 17.1 Å². The van der Waals surface area contributed by atoms with E-state index in [-0.39, 0.29) is 0 Å². The number of aromatic nitrogens is 1. The van der Waals surface area contributed by atoms with Crippen molar-refractivity contribution in [2.45, 2.75) is 19.8 Å². The normalized spacial score (nSPS) is 10.9. The smallest absolute Gasteiger partial charge is 0.142 e. The topological polar surface area (TPSA) is 22.1 Å². The lowest BCUT2D eigenvalue weighted by atomic mass is 10.1. The van der Waals surface area contributed by atoms with Crippen LogP contribution in [0, 0.1) is 0 Å². The van der Waals surface area contributed by atoms with Gasteiger partial charge in [-0.2, -0.15) is 0 Å². The van der Waals surface area contributed by atoms with Crippen molar-refractivity contribution < 1.29 is 4.74 Å². The molecule has 2 aromatic rings. The maximum Gasteiger partial charge on any atom is 0.142 e. The van der Waals surface area contributed by atoms with E-state index in [2.05, 4.69) is 49.8 Å². The highest BCUT2D eigenvalue weighted by atomic mass is 79.9. The molecule has 2 nitrogen and oxygen atoms in total. The van der Waals surface area contributed by atoms with E-state index in [0.717, 1.165) is 44.0 Å². The second kappa shape index (κ2) is 5.76. The highest BCUT2D eigenvalue weighted by Crippen LogP contribution is 2.39. The van der Waals surface area contributed by atoms with Crippen molar-refractivity contribution in [1.29, 1.82) is 0 Å². The fourth-order valence-corrected chi connectivity index (χ4v) is 3.59. The third-order valence-electron chi connectivity index (χ3n) is 2.71. The molecule has 0 bridgehead atoms. The van der Waals surface area contributed by atoms with Crippen LogP contribution in [0.15, 0.2) is 21.1 Å². The van der Waals surface area contributed by atoms with E-state index in [1.54, 1.807) is 7.11 Å². The first-order chi connectivity index (χ1) is 8.58. The number of methoxy groups -OCH3 is 1. The van der Waals surface area contributed by atoms with Gasteiger partial charge >= 0.3 is 0 Å². The van der Waals surface area contributed by atoms with Gasteiger partial charge in [0.25, 0.3) is 0 Å². The number of rotatable bonds is 3. The summed E-state index contributed by atoms with van der Waals surface area (Å²) in [5.74, 6) is 0.787. The Morgan fingerprint density at radius 2 is 2.00 bits per heavy atom. The molecule has 0 aliphatic heterocycles. The fraction of sp³-hybridized carbons (Fsp3) is 0.308. The predicted molar refractivity (Wildman–Crippen MR) is 82.7 cm³/mol. The minimum absolute atomic E-state index is 0.564. The Morgan fingerprint density at radius 3 is 2.61 bits per heavy atom. The molecule has 0 saturated heterocycles. The molecule has 0 radical (unpaired) electrons. The van der Waals surface area contributed by atoms with E-state index in [0.29, 0.717) is 5.15 Å². The lowest BCUT2D eigenvalue weighted by Gasteiger charge is -2.11. The molecule has 0 amide bonds. The van der Waals surface area contributed by atoms with E-state index in [1.165, 1.54) is 0 Å². The van der Waals surface area contributed by atoms with Gasteiger partial charge in [-0.1, -0.05) is 24.9 Å². The van der Waals surface area contributed by atoms with Crippen molar-refractivity contribution in [2.24, 2.45) is 0 Å². The average molecular weight is 394 g/mol. The molecular formula is C13H12Br2ClNO. The number of hydrogen-bond donors (Lipinski definition) is 0. The summed E-state index contributed by atoms with van der Waals surface area (Å²) >= 11 is 13.2. The minimum atomic E-state index is 0.564. The Labute approximate surface area is 128 Å². The molecule has 1 aromatic carbocycles. The zero-order chi connectivity index (χ0) is 13.3. The summed E-state index contributed by atoms with van der Waals surface area (Å²) in [5.41, 5.74) is 1.87.